The Balaban J connectivity index is 2.21. The largest absolute Gasteiger partial charge is 0.500 e. The summed E-state index contributed by atoms with van der Waals surface area (Å²) in [6.45, 7) is 0. The van der Waals surface area contributed by atoms with Crippen LogP contribution >= 0.6 is 11.6 Å². The number of ether oxygens (including phenoxy) is 2. The smallest absolute Gasteiger partial charge is 0.157 e. The van der Waals surface area contributed by atoms with Gasteiger partial charge in [-0.05, 0) is 12.5 Å². The van der Waals surface area contributed by atoms with E-state index in [2.05, 4.69) is 10.1 Å². The lowest BCUT2D eigenvalue weighted by molar-refractivity contribution is 0.263. The number of halogens is 1. The first kappa shape index (κ1) is 13.0. The normalized spacial score (nSPS) is 15.4. The fraction of sp³-hybridized carbons (Fsp3) is 0.286. The quantitative estimate of drug-likeness (QED) is 0.816. The maximum absolute atomic E-state index is 6.24. The van der Waals surface area contributed by atoms with Gasteiger partial charge in [0.15, 0.2) is 5.65 Å². The van der Waals surface area contributed by atoms with Crippen LogP contribution in [0.3, 0.4) is 0 Å². The summed E-state index contributed by atoms with van der Waals surface area (Å²) in [5, 5.41) is 4.61. The van der Waals surface area contributed by atoms with E-state index in [0.29, 0.717) is 10.8 Å². The standard InChI is InChI=1S/C14H14ClN3O2/c1-19-10-4-3-5-11(20-2)14(10)9-8-12(15)18-13(17-9)6-7-16-18/h4,6-8H,3,5H2,1-2H3. The maximum atomic E-state index is 6.24. The second-order valence-corrected chi connectivity index (χ2v) is 4.77. The highest BCUT2D eigenvalue weighted by Crippen LogP contribution is 2.34. The topological polar surface area (TPSA) is 48.7 Å². The Morgan fingerprint density at radius 2 is 2.15 bits per heavy atom. The van der Waals surface area contributed by atoms with Gasteiger partial charge in [0.1, 0.15) is 16.7 Å². The molecule has 5 nitrogen and oxygen atoms in total. The molecule has 2 aromatic heterocycles. The van der Waals surface area contributed by atoms with Gasteiger partial charge in [0.2, 0.25) is 0 Å². The molecule has 0 fully saturated rings. The summed E-state index contributed by atoms with van der Waals surface area (Å²) >= 11 is 6.24. The highest BCUT2D eigenvalue weighted by atomic mass is 35.5. The van der Waals surface area contributed by atoms with Crippen LogP contribution in [0.25, 0.3) is 11.2 Å². The van der Waals surface area contributed by atoms with Gasteiger partial charge < -0.3 is 9.47 Å². The highest BCUT2D eigenvalue weighted by molar-refractivity contribution is 6.29. The molecule has 0 unspecified atom stereocenters. The molecule has 2 aromatic rings. The Labute approximate surface area is 121 Å². The van der Waals surface area contributed by atoms with Crippen molar-refractivity contribution < 1.29 is 9.47 Å². The van der Waals surface area contributed by atoms with Crippen LogP contribution in [-0.4, -0.2) is 28.8 Å². The minimum atomic E-state index is 0.499. The Hall–Kier alpha value is -2.01. The predicted molar refractivity (Wildman–Crippen MR) is 76.3 cm³/mol. The molecule has 20 heavy (non-hydrogen) atoms. The number of rotatable bonds is 3. The zero-order chi connectivity index (χ0) is 14.1. The molecule has 104 valence electrons. The van der Waals surface area contributed by atoms with E-state index in [1.807, 2.05) is 6.08 Å². The van der Waals surface area contributed by atoms with Crippen molar-refractivity contribution in [3.8, 4) is 0 Å². The molecule has 1 aliphatic carbocycles. The van der Waals surface area contributed by atoms with Crippen LogP contribution in [0.15, 0.2) is 35.9 Å². The first-order valence-electron chi connectivity index (χ1n) is 6.27. The van der Waals surface area contributed by atoms with E-state index >= 15 is 0 Å². The zero-order valence-corrected chi connectivity index (χ0v) is 12.0. The van der Waals surface area contributed by atoms with E-state index in [4.69, 9.17) is 21.1 Å². The van der Waals surface area contributed by atoms with E-state index in [1.165, 1.54) is 0 Å². The first-order chi connectivity index (χ1) is 9.74. The molecule has 6 heteroatoms. The molecule has 2 heterocycles. The van der Waals surface area contributed by atoms with Gasteiger partial charge in [-0.2, -0.15) is 5.10 Å². The van der Waals surface area contributed by atoms with Crippen molar-refractivity contribution >= 4 is 22.8 Å². The highest BCUT2D eigenvalue weighted by Gasteiger charge is 2.22. The lowest BCUT2D eigenvalue weighted by atomic mass is 10.00. The van der Waals surface area contributed by atoms with Crippen LogP contribution in [0.2, 0.25) is 5.15 Å². The van der Waals surface area contributed by atoms with Gasteiger partial charge in [0.25, 0.3) is 0 Å². The molecule has 0 spiro atoms. The SMILES string of the molecule is COC1=CCCC(OC)=C1c1cc(Cl)n2nccc2n1. The fourth-order valence-electron chi connectivity index (χ4n) is 2.36. The van der Waals surface area contributed by atoms with Crippen LogP contribution in [0.5, 0.6) is 0 Å². The lowest BCUT2D eigenvalue weighted by Gasteiger charge is -2.20. The molecular weight excluding hydrogens is 278 g/mol. The minimum Gasteiger partial charge on any atom is -0.500 e. The van der Waals surface area contributed by atoms with Crippen LogP contribution in [0.1, 0.15) is 18.5 Å². The van der Waals surface area contributed by atoms with Crippen molar-refractivity contribution in [2.24, 2.45) is 0 Å². The van der Waals surface area contributed by atoms with Gasteiger partial charge in [-0.1, -0.05) is 11.6 Å². The number of allylic oxidation sites excluding steroid dienone is 3. The number of fused-ring (bicyclic) bond motifs is 1. The molecule has 0 N–H and O–H groups in total. The van der Waals surface area contributed by atoms with Crippen molar-refractivity contribution in [1.82, 2.24) is 14.6 Å². The molecule has 0 aromatic carbocycles. The average molecular weight is 292 g/mol. The summed E-state index contributed by atoms with van der Waals surface area (Å²) in [7, 11) is 3.30. The van der Waals surface area contributed by atoms with E-state index in [1.54, 1.807) is 37.1 Å². The fourth-order valence-corrected chi connectivity index (χ4v) is 2.59. The third kappa shape index (κ3) is 2.04. The molecule has 0 aliphatic heterocycles. The Bertz CT molecular complexity index is 718. The third-order valence-corrected chi connectivity index (χ3v) is 3.53. The van der Waals surface area contributed by atoms with Crippen LogP contribution in [0, 0.1) is 0 Å². The summed E-state index contributed by atoms with van der Waals surface area (Å²) in [5.74, 6) is 1.62. The second kappa shape index (κ2) is 5.17. The summed E-state index contributed by atoms with van der Waals surface area (Å²) in [6.07, 6.45) is 5.41. The molecule has 3 rings (SSSR count). The average Bonchev–Trinajstić information content (AvgIpc) is 2.95. The summed E-state index contributed by atoms with van der Waals surface area (Å²) in [4.78, 5) is 4.57. The molecule has 0 radical (unpaired) electrons. The van der Waals surface area contributed by atoms with Crippen LogP contribution in [0.4, 0.5) is 0 Å². The van der Waals surface area contributed by atoms with Crippen molar-refractivity contribution in [2.75, 3.05) is 14.2 Å². The monoisotopic (exact) mass is 291 g/mol. The Morgan fingerprint density at radius 1 is 1.30 bits per heavy atom. The number of aromatic nitrogens is 3. The van der Waals surface area contributed by atoms with E-state index in [-0.39, 0.29) is 0 Å². The van der Waals surface area contributed by atoms with Crippen molar-refractivity contribution in [1.29, 1.82) is 0 Å². The third-order valence-electron chi connectivity index (χ3n) is 3.26. The molecule has 0 atom stereocenters. The molecule has 0 bridgehead atoms. The molecule has 0 amide bonds. The van der Waals surface area contributed by atoms with Gasteiger partial charge >= 0.3 is 0 Å². The van der Waals surface area contributed by atoms with Gasteiger partial charge in [0.05, 0.1) is 31.7 Å². The molecule has 0 saturated heterocycles. The molecule has 0 saturated carbocycles. The Kier molecular flexibility index (Phi) is 3.36. The van der Waals surface area contributed by atoms with E-state index < -0.39 is 0 Å². The maximum Gasteiger partial charge on any atom is 0.157 e. The second-order valence-electron chi connectivity index (χ2n) is 4.38. The summed E-state index contributed by atoms with van der Waals surface area (Å²) in [5.41, 5.74) is 2.27. The van der Waals surface area contributed by atoms with E-state index in [9.17, 15) is 0 Å². The summed E-state index contributed by atoms with van der Waals surface area (Å²) in [6, 6.07) is 3.58. The minimum absolute atomic E-state index is 0.499. The Morgan fingerprint density at radius 3 is 2.90 bits per heavy atom. The zero-order valence-electron chi connectivity index (χ0n) is 11.3. The number of hydrogen-bond acceptors (Lipinski definition) is 4. The van der Waals surface area contributed by atoms with Crippen molar-refractivity contribution in [3.63, 3.8) is 0 Å². The lowest BCUT2D eigenvalue weighted by Crippen LogP contribution is -2.07. The van der Waals surface area contributed by atoms with E-state index in [0.717, 1.165) is 35.6 Å². The summed E-state index contributed by atoms with van der Waals surface area (Å²) < 4.78 is 12.5. The van der Waals surface area contributed by atoms with Crippen molar-refractivity contribution in [2.45, 2.75) is 12.8 Å². The number of hydrogen-bond donors (Lipinski definition) is 0. The van der Waals surface area contributed by atoms with Crippen LogP contribution < -0.4 is 0 Å². The molecule has 1 aliphatic rings. The predicted octanol–water partition coefficient (Wildman–Crippen LogP) is 3.06. The van der Waals surface area contributed by atoms with Gasteiger partial charge in [-0.15, -0.1) is 0 Å². The van der Waals surface area contributed by atoms with Crippen molar-refractivity contribution in [3.05, 3.63) is 46.8 Å². The van der Waals surface area contributed by atoms with Gasteiger partial charge in [0, 0.05) is 18.6 Å². The van der Waals surface area contributed by atoms with Crippen LogP contribution in [-0.2, 0) is 9.47 Å². The number of methoxy groups -OCH3 is 2. The number of nitrogens with zero attached hydrogens (tertiary/aromatic N) is 3. The molecular formula is C14H14ClN3O2. The van der Waals surface area contributed by atoms with Gasteiger partial charge in [-0.3, -0.25) is 0 Å². The first-order valence-corrected chi connectivity index (χ1v) is 6.64. The van der Waals surface area contributed by atoms with Gasteiger partial charge in [-0.25, -0.2) is 9.50 Å².